The van der Waals surface area contributed by atoms with Crippen molar-refractivity contribution in [3.05, 3.63) is 0 Å². The first-order chi connectivity index (χ1) is 26.5. The third kappa shape index (κ3) is 23.3. The fourth-order valence-corrected chi connectivity index (χ4v) is 5.30. The number of carbonyl (C=O) groups is 4. The van der Waals surface area contributed by atoms with Crippen LogP contribution in [0.25, 0.3) is 0 Å². The molecule has 5 atom stereocenters. The number of hydrogen-bond donors (Lipinski definition) is 11. The molecule has 1 aliphatic rings. The predicted molar refractivity (Wildman–Crippen MR) is 200 cm³/mol. The normalized spacial score (nSPS) is 19.9. The molecule has 0 aromatic carbocycles. The smallest absolute Gasteiger partial charge is 0.222 e. The summed E-state index contributed by atoms with van der Waals surface area (Å²) in [6.07, 6.45) is -3.14. The zero-order valence-corrected chi connectivity index (χ0v) is 32.5. The Morgan fingerprint density at radius 1 is 0.618 bits per heavy atom. The number of amides is 4. The summed E-state index contributed by atoms with van der Waals surface area (Å²) in [6.45, 7) is 5.73. The lowest BCUT2D eigenvalue weighted by Gasteiger charge is -2.39. The van der Waals surface area contributed by atoms with Gasteiger partial charge in [-0.1, -0.05) is 6.92 Å². The fourth-order valence-electron chi connectivity index (χ4n) is 5.30. The van der Waals surface area contributed by atoms with E-state index in [-0.39, 0.29) is 95.6 Å². The SMILES string of the molecule is CCNC(COCCC(=O)NCCCN)(COCCC(=O)NCCCN)COCCC(=O)NCCCNC(=O)CCCCO[C@H]1OC(CO)[C@@H](O)C(O)C1O. The summed E-state index contributed by atoms with van der Waals surface area (Å²) in [5, 5.41) is 53.4. The van der Waals surface area contributed by atoms with E-state index in [2.05, 4.69) is 26.6 Å². The van der Waals surface area contributed by atoms with E-state index in [9.17, 15) is 39.6 Å². The van der Waals surface area contributed by atoms with Crippen LogP contribution >= 0.6 is 0 Å². The molecule has 1 aliphatic heterocycles. The molecule has 0 aliphatic carbocycles. The number of hydrogen-bond acceptors (Lipinski definition) is 16. The van der Waals surface area contributed by atoms with Gasteiger partial charge in [-0.25, -0.2) is 0 Å². The monoisotopic (exact) mass is 795 g/mol. The highest BCUT2D eigenvalue weighted by molar-refractivity contribution is 5.77. The van der Waals surface area contributed by atoms with Crippen molar-refractivity contribution in [1.29, 1.82) is 0 Å². The van der Waals surface area contributed by atoms with Gasteiger partial charge < -0.3 is 82.2 Å². The minimum atomic E-state index is -1.51. The number of ether oxygens (including phenoxy) is 5. The van der Waals surface area contributed by atoms with E-state index < -0.39 is 42.9 Å². The van der Waals surface area contributed by atoms with Gasteiger partial charge in [0.05, 0.1) is 51.8 Å². The molecule has 1 rings (SSSR count). The fraction of sp³-hybridized carbons (Fsp3) is 0.886. The zero-order chi connectivity index (χ0) is 40.7. The van der Waals surface area contributed by atoms with Gasteiger partial charge in [-0.3, -0.25) is 19.2 Å². The van der Waals surface area contributed by atoms with Crippen LogP contribution in [0.2, 0.25) is 0 Å². The van der Waals surface area contributed by atoms with E-state index >= 15 is 0 Å². The number of unbranched alkanes of at least 4 members (excludes halogenated alkanes) is 1. The Morgan fingerprint density at radius 3 is 1.51 bits per heavy atom. The molecule has 0 spiro atoms. The second kappa shape index (κ2) is 31.5. The van der Waals surface area contributed by atoms with E-state index in [0.29, 0.717) is 77.9 Å². The van der Waals surface area contributed by atoms with Gasteiger partial charge in [0.15, 0.2) is 6.29 Å². The Labute approximate surface area is 324 Å². The summed E-state index contributed by atoms with van der Waals surface area (Å²) in [6, 6.07) is 0. The van der Waals surface area contributed by atoms with E-state index in [4.69, 9.17) is 35.2 Å². The lowest BCUT2D eigenvalue weighted by atomic mass is 9.99. The summed E-state index contributed by atoms with van der Waals surface area (Å²) in [7, 11) is 0. The highest BCUT2D eigenvalue weighted by atomic mass is 16.7. The maximum atomic E-state index is 12.4. The second-order valence-corrected chi connectivity index (χ2v) is 13.3. The van der Waals surface area contributed by atoms with Crippen molar-refractivity contribution in [3.63, 3.8) is 0 Å². The molecule has 0 aromatic heterocycles. The first-order valence-electron chi connectivity index (χ1n) is 19.4. The average molecular weight is 796 g/mol. The van der Waals surface area contributed by atoms with Crippen LogP contribution in [0, 0.1) is 0 Å². The summed E-state index contributed by atoms with van der Waals surface area (Å²) in [5.41, 5.74) is 10.1. The Morgan fingerprint density at radius 2 is 1.07 bits per heavy atom. The van der Waals surface area contributed by atoms with Gasteiger partial charge in [-0.2, -0.15) is 0 Å². The van der Waals surface area contributed by atoms with Crippen molar-refractivity contribution in [2.45, 2.75) is 101 Å². The number of rotatable bonds is 34. The summed E-state index contributed by atoms with van der Waals surface area (Å²) in [4.78, 5) is 48.7. The number of likely N-dealkylation sites (N-methyl/N-ethyl adjacent to an activating group) is 1. The van der Waals surface area contributed by atoms with E-state index in [0.717, 1.165) is 0 Å². The van der Waals surface area contributed by atoms with Crippen LogP contribution in [-0.2, 0) is 42.9 Å². The minimum Gasteiger partial charge on any atom is -0.394 e. The lowest BCUT2D eigenvalue weighted by Crippen LogP contribution is -2.59. The van der Waals surface area contributed by atoms with E-state index in [1.807, 2.05) is 6.92 Å². The van der Waals surface area contributed by atoms with Gasteiger partial charge in [0.25, 0.3) is 0 Å². The highest BCUT2D eigenvalue weighted by Crippen LogP contribution is 2.22. The van der Waals surface area contributed by atoms with Crippen LogP contribution < -0.4 is 38.1 Å². The summed E-state index contributed by atoms with van der Waals surface area (Å²) in [5.74, 6) is -0.657. The van der Waals surface area contributed by atoms with Crippen LogP contribution in [-0.4, -0.2) is 179 Å². The number of nitrogens with two attached hydrogens (primary N) is 2. The van der Waals surface area contributed by atoms with Crippen molar-refractivity contribution in [2.75, 3.05) is 98.7 Å². The molecule has 1 saturated heterocycles. The molecule has 20 nitrogen and oxygen atoms in total. The maximum Gasteiger partial charge on any atom is 0.222 e. The van der Waals surface area contributed by atoms with Crippen molar-refractivity contribution in [3.8, 4) is 0 Å². The van der Waals surface area contributed by atoms with E-state index in [1.165, 1.54) is 0 Å². The Hall–Kier alpha value is -2.60. The second-order valence-electron chi connectivity index (χ2n) is 13.3. The first-order valence-corrected chi connectivity index (χ1v) is 19.4. The minimum absolute atomic E-state index is 0.105. The van der Waals surface area contributed by atoms with E-state index in [1.54, 1.807) is 0 Å². The molecule has 322 valence electrons. The van der Waals surface area contributed by atoms with Crippen molar-refractivity contribution >= 4 is 23.6 Å². The van der Waals surface area contributed by atoms with Gasteiger partial charge in [-0.05, 0) is 51.7 Å². The van der Waals surface area contributed by atoms with Gasteiger partial charge in [0, 0.05) is 58.5 Å². The Bertz CT molecular complexity index is 1020. The quantitative estimate of drug-likeness (QED) is 0.0277. The molecule has 0 saturated carbocycles. The number of aliphatic hydroxyl groups excluding tert-OH is 4. The van der Waals surface area contributed by atoms with Crippen LogP contribution in [0.1, 0.15) is 64.7 Å². The van der Waals surface area contributed by atoms with Crippen molar-refractivity contribution < 1.29 is 63.3 Å². The molecule has 55 heavy (non-hydrogen) atoms. The summed E-state index contributed by atoms with van der Waals surface area (Å²) < 4.78 is 28.3. The Balaban J connectivity index is 2.36. The predicted octanol–water partition coefficient (Wildman–Crippen LogP) is -3.91. The topological polar surface area (TPSA) is 308 Å². The maximum absolute atomic E-state index is 12.4. The van der Waals surface area contributed by atoms with Crippen LogP contribution in [0.5, 0.6) is 0 Å². The van der Waals surface area contributed by atoms with Gasteiger partial charge in [-0.15, -0.1) is 0 Å². The molecule has 0 bridgehead atoms. The third-order valence-corrected chi connectivity index (χ3v) is 8.44. The molecule has 0 radical (unpaired) electrons. The molecular weight excluding hydrogens is 726 g/mol. The lowest BCUT2D eigenvalue weighted by molar-refractivity contribution is -0.301. The highest BCUT2D eigenvalue weighted by Gasteiger charge is 2.44. The third-order valence-electron chi connectivity index (χ3n) is 8.44. The largest absolute Gasteiger partial charge is 0.394 e. The molecule has 4 amide bonds. The van der Waals surface area contributed by atoms with Crippen LogP contribution in [0.3, 0.4) is 0 Å². The Kier molecular flexibility index (Phi) is 28.9. The molecule has 0 aromatic rings. The standard InChI is InChI=1S/C35H69N7O13/c1-2-42-35(23-51-19-9-28(45)38-14-5-12-36,24-52-20-10-29(46)39-15-6-13-37)25-53-21-11-30(47)41-17-7-16-40-27(44)8-3-4-18-54-34-33(50)32(49)31(48)26(22-43)55-34/h26,31-34,42-43,48-50H,2-25,36-37H2,1H3,(H,38,45)(H,39,46)(H,40,44)(H,41,47)/t26?,31-,32?,33?,34+/m1/s1. The molecule has 1 fully saturated rings. The molecular formula is C35H69N7O13. The summed E-state index contributed by atoms with van der Waals surface area (Å²) >= 11 is 0. The zero-order valence-electron chi connectivity index (χ0n) is 32.5. The van der Waals surface area contributed by atoms with Gasteiger partial charge in [0.2, 0.25) is 23.6 Å². The molecule has 1 heterocycles. The number of nitrogens with one attached hydrogen (secondary N) is 5. The van der Waals surface area contributed by atoms with Crippen molar-refractivity contribution in [1.82, 2.24) is 26.6 Å². The molecule has 13 N–H and O–H groups in total. The number of carbonyl (C=O) groups excluding carboxylic acids is 4. The van der Waals surface area contributed by atoms with Crippen LogP contribution in [0.15, 0.2) is 0 Å². The first kappa shape index (κ1) is 50.4. The number of aliphatic hydroxyl groups is 4. The molecule has 20 heteroatoms. The van der Waals surface area contributed by atoms with Crippen LogP contribution in [0.4, 0.5) is 0 Å². The molecule has 3 unspecified atom stereocenters. The van der Waals surface area contributed by atoms with Crippen molar-refractivity contribution in [2.24, 2.45) is 11.5 Å². The van der Waals surface area contributed by atoms with Gasteiger partial charge in [0.1, 0.15) is 24.4 Å². The van der Waals surface area contributed by atoms with Gasteiger partial charge >= 0.3 is 0 Å². The average Bonchev–Trinajstić information content (AvgIpc) is 3.16.